The molecule has 0 radical (unpaired) electrons. The quantitative estimate of drug-likeness (QED) is 0.336. The van der Waals surface area contributed by atoms with Gasteiger partial charge in [0.05, 0.1) is 18.4 Å². The second-order valence-electron chi connectivity index (χ2n) is 10.2. The summed E-state index contributed by atoms with van der Waals surface area (Å²) in [7, 11) is 0. The van der Waals surface area contributed by atoms with Gasteiger partial charge < -0.3 is 14.8 Å². The first-order valence-electron chi connectivity index (χ1n) is 11.9. The Kier molecular flexibility index (Phi) is 8.12. The zero-order valence-electron chi connectivity index (χ0n) is 21.0. The Bertz CT molecular complexity index is 1060. The molecule has 3 aliphatic rings. The molecular weight excluding hydrogens is 540 g/mol. The number of alkyl halides is 2. The molecule has 2 N–H and O–H groups in total. The van der Waals surface area contributed by atoms with Gasteiger partial charge in [-0.05, 0) is 72.0 Å². The molecule has 2 atom stereocenters. The normalized spacial score (nSPS) is 23.2. The Morgan fingerprint density at radius 1 is 1.31 bits per heavy atom. The van der Waals surface area contributed by atoms with Crippen LogP contribution in [0.5, 0.6) is 0 Å². The molecule has 1 saturated heterocycles. The van der Waals surface area contributed by atoms with Crippen molar-refractivity contribution in [2.75, 3.05) is 6.61 Å². The average molecular weight is 572 g/mol. The first-order chi connectivity index (χ1) is 16.7. The maximum atomic E-state index is 13.7. The summed E-state index contributed by atoms with van der Waals surface area (Å²) in [5.41, 5.74) is -1.54. The van der Waals surface area contributed by atoms with Crippen LogP contribution in [0.1, 0.15) is 60.3 Å². The number of halogens is 3. The van der Waals surface area contributed by atoms with Crippen LogP contribution >= 0.6 is 15.9 Å². The van der Waals surface area contributed by atoms with Crippen molar-refractivity contribution in [1.29, 1.82) is 5.41 Å². The lowest BCUT2D eigenvalue weighted by Gasteiger charge is -2.33. The number of allylic oxidation sites excluding steroid dienone is 5. The van der Waals surface area contributed by atoms with Gasteiger partial charge in [-0.1, -0.05) is 15.9 Å². The van der Waals surface area contributed by atoms with E-state index >= 15 is 0 Å². The van der Waals surface area contributed by atoms with E-state index in [-0.39, 0.29) is 17.9 Å². The second kappa shape index (κ2) is 10.4. The Hall–Kier alpha value is -2.56. The van der Waals surface area contributed by atoms with Crippen molar-refractivity contribution in [2.24, 2.45) is 0 Å². The van der Waals surface area contributed by atoms with Gasteiger partial charge in [0.1, 0.15) is 5.60 Å². The predicted octanol–water partition coefficient (Wildman–Crippen LogP) is 4.79. The van der Waals surface area contributed by atoms with E-state index in [1.807, 2.05) is 0 Å². The number of Topliss-reactive ketones (excluding diaryl/α,β-unsaturated/α-hetero) is 1. The topological polar surface area (TPSA) is 109 Å². The molecule has 1 saturated carbocycles. The number of nitrogens with zero attached hydrogens (tertiary/aromatic N) is 1. The van der Waals surface area contributed by atoms with E-state index in [4.69, 9.17) is 14.9 Å². The van der Waals surface area contributed by atoms with Crippen molar-refractivity contribution in [2.45, 2.75) is 90.0 Å². The minimum atomic E-state index is -2.89. The molecule has 2 aliphatic carbocycles. The lowest BCUT2D eigenvalue weighted by Crippen LogP contribution is -2.54. The van der Waals surface area contributed by atoms with Crippen LogP contribution < -0.4 is 5.32 Å². The number of carbonyl (C=O) groups excluding carboxylic acids is 3. The number of esters is 1. The maximum Gasteiger partial charge on any atom is 0.411 e. The van der Waals surface area contributed by atoms with E-state index in [0.717, 1.165) is 19.0 Å². The van der Waals surface area contributed by atoms with E-state index in [1.54, 1.807) is 34.6 Å². The highest BCUT2D eigenvalue weighted by Crippen LogP contribution is 2.52. The monoisotopic (exact) mass is 571 g/mol. The van der Waals surface area contributed by atoms with Gasteiger partial charge >= 0.3 is 12.1 Å². The molecule has 198 valence electrons. The Balaban J connectivity index is 1.92. The van der Waals surface area contributed by atoms with Crippen LogP contribution in [0.2, 0.25) is 0 Å². The summed E-state index contributed by atoms with van der Waals surface area (Å²) in [5.74, 6) is -1.50. The number of likely N-dealkylation sites (tertiary alicyclic amines) is 1. The minimum absolute atomic E-state index is 0.00194. The number of hydrogen-bond donors (Lipinski definition) is 2. The van der Waals surface area contributed by atoms with Gasteiger partial charge in [0.2, 0.25) is 0 Å². The maximum absolute atomic E-state index is 13.7. The van der Waals surface area contributed by atoms with Gasteiger partial charge in [-0.25, -0.2) is 18.4 Å². The van der Waals surface area contributed by atoms with Crippen molar-refractivity contribution < 1.29 is 32.6 Å². The third kappa shape index (κ3) is 5.71. The lowest BCUT2D eigenvalue weighted by atomic mass is 9.92. The van der Waals surface area contributed by atoms with Gasteiger partial charge in [0.15, 0.2) is 11.8 Å². The molecule has 2 fully saturated rings. The van der Waals surface area contributed by atoms with E-state index in [0.29, 0.717) is 22.9 Å². The van der Waals surface area contributed by atoms with Crippen LogP contribution in [0.3, 0.4) is 0 Å². The first kappa shape index (κ1) is 28.0. The molecule has 1 aliphatic heterocycles. The van der Waals surface area contributed by atoms with Crippen molar-refractivity contribution in [3.8, 4) is 0 Å². The van der Waals surface area contributed by atoms with E-state index in [9.17, 15) is 23.2 Å². The highest BCUT2D eigenvalue weighted by molar-refractivity contribution is 9.12. The van der Waals surface area contributed by atoms with Gasteiger partial charge in [-0.2, -0.15) is 0 Å². The minimum Gasteiger partial charge on any atom is -0.464 e. The van der Waals surface area contributed by atoms with E-state index in [2.05, 4.69) is 21.2 Å². The standard InChI is InChI=1S/C25H32BrF2N3O5/c1-6-35-22(33)19(30-12-15-14(21(27)28)11-16(26)13(2)18(15)29)20(32)17-7-8-25(9-10-25)31(17)23(34)36-24(3,4)5/h11-12,17,19,21,29-30H,6-10H2,1-5H3/b15-12-,29-18?/t17-,19?/m0/s1. The summed E-state index contributed by atoms with van der Waals surface area (Å²) >= 11 is 3.18. The molecule has 0 aromatic heterocycles. The average Bonchev–Trinajstić information content (AvgIpc) is 3.43. The van der Waals surface area contributed by atoms with Gasteiger partial charge in [0.25, 0.3) is 6.43 Å². The Labute approximate surface area is 217 Å². The van der Waals surface area contributed by atoms with E-state index < -0.39 is 53.1 Å². The fraction of sp³-hybridized carbons (Fsp3) is 0.600. The fourth-order valence-electron chi connectivity index (χ4n) is 4.50. The number of ketones is 1. The van der Waals surface area contributed by atoms with Crippen LogP contribution in [-0.4, -0.2) is 64.7 Å². The highest BCUT2D eigenvalue weighted by Gasteiger charge is 2.60. The zero-order valence-corrected chi connectivity index (χ0v) is 22.6. The zero-order chi connectivity index (χ0) is 27.0. The third-order valence-corrected chi connectivity index (χ3v) is 7.31. The van der Waals surface area contributed by atoms with Gasteiger partial charge in [-0.3, -0.25) is 15.1 Å². The van der Waals surface area contributed by atoms with E-state index in [1.165, 1.54) is 11.0 Å². The summed E-state index contributed by atoms with van der Waals surface area (Å²) in [5, 5.41) is 10.9. The third-order valence-electron chi connectivity index (χ3n) is 6.48. The number of hydrogen-bond acceptors (Lipinski definition) is 7. The number of rotatable bonds is 7. The Morgan fingerprint density at radius 2 is 1.94 bits per heavy atom. The molecule has 1 unspecified atom stereocenters. The molecule has 8 nitrogen and oxygen atoms in total. The number of ether oxygens (including phenoxy) is 2. The van der Waals surface area contributed by atoms with Crippen molar-refractivity contribution >= 4 is 39.5 Å². The first-order valence-corrected chi connectivity index (χ1v) is 12.7. The fourth-order valence-corrected chi connectivity index (χ4v) is 4.94. The van der Waals surface area contributed by atoms with Crippen LogP contribution in [0.15, 0.2) is 33.5 Å². The van der Waals surface area contributed by atoms with Crippen LogP contribution in [-0.2, 0) is 19.1 Å². The summed E-state index contributed by atoms with van der Waals surface area (Å²) in [6.07, 6.45) is 1.20. The van der Waals surface area contributed by atoms with Crippen LogP contribution in [0, 0.1) is 5.41 Å². The smallest absolute Gasteiger partial charge is 0.411 e. The second-order valence-corrected chi connectivity index (χ2v) is 11.0. The van der Waals surface area contributed by atoms with Crippen molar-refractivity contribution in [1.82, 2.24) is 10.2 Å². The number of carbonyl (C=O) groups is 3. The molecule has 0 bridgehead atoms. The Morgan fingerprint density at radius 3 is 2.47 bits per heavy atom. The SMILES string of the molecule is CCOC(=O)C(N/C=C1\C(=N)C(C)=C(Br)C=C1C(F)F)C(=O)[C@@H]1CCC2(CC2)N1C(=O)OC(C)(C)C. The summed E-state index contributed by atoms with van der Waals surface area (Å²) < 4.78 is 38.4. The highest BCUT2D eigenvalue weighted by atomic mass is 79.9. The number of amides is 1. The summed E-state index contributed by atoms with van der Waals surface area (Å²) in [6.45, 7) is 8.37. The predicted molar refractivity (Wildman–Crippen MR) is 133 cm³/mol. The molecule has 3 rings (SSSR count). The van der Waals surface area contributed by atoms with Crippen molar-refractivity contribution in [3.05, 3.63) is 33.5 Å². The molecule has 36 heavy (non-hydrogen) atoms. The summed E-state index contributed by atoms with van der Waals surface area (Å²) in [4.78, 5) is 41.0. The van der Waals surface area contributed by atoms with Crippen molar-refractivity contribution in [3.63, 3.8) is 0 Å². The lowest BCUT2D eigenvalue weighted by molar-refractivity contribution is -0.149. The molecule has 0 aromatic carbocycles. The molecule has 0 aromatic rings. The van der Waals surface area contributed by atoms with Gasteiger partial charge in [-0.15, -0.1) is 0 Å². The van der Waals surface area contributed by atoms with Crippen LogP contribution in [0.4, 0.5) is 13.6 Å². The molecule has 1 heterocycles. The molecule has 1 spiro atoms. The molecule has 1 amide bonds. The molecule has 11 heteroatoms. The summed E-state index contributed by atoms with van der Waals surface area (Å²) in [6, 6.07) is -2.49. The number of nitrogens with one attached hydrogen (secondary N) is 2. The molecular formula is C25H32BrF2N3O5. The van der Waals surface area contributed by atoms with Crippen LogP contribution in [0.25, 0.3) is 0 Å². The van der Waals surface area contributed by atoms with Gasteiger partial charge in [0, 0.05) is 27.4 Å². The largest absolute Gasteiger partial charge is 0.464 e.